The highest BCUT2D eigenvalue weighted by Gasteiger charge is 2.31. The fourth-order valence-corrected chi connectivity index (χ4v) is 3.00. The van der Waals surface area contributed by atoms with Crippen molar-refractivity contribution in [2.24, 2.45) is 5.92 Å². The van der Waals surface area contributed by atoms with Crippen molar-refractivity contribution in [1.29, 1.82) is 0 Å². The van der Waals surface area contributed by atoms with Crippen LogP contribution in [0.4, 0.5) is 10.5 Å². The lowest BCUT2D eigenvalue weighted by atomic mass is 9.97. The molecule has 1 atom stereocenters. The summed E-state index contributed by atoms with van der Waals surface area (Å²) in [6.07, 6.45) is 1.22. The molecule has 0 spiro atoms. The summed E-state index contributed by atoms with van der Waals surface area (Å²) in [5, 5.41) is 2.96. The zero-order valence-corrected chi connectivity index (χ0v) is 16.3. The third-order valence-corrected chi connectivity index (χ3v) is 4.52. The van der Waals surface area contributed by atoms with Gasteiger partial charge in [-0.25, -0.2) is 4.79 Å². The molecular formula is C18H25BrN2O3. The molecule has 0 bridgehead atoms. The van der Waals surface area contributed by atoms with Crippen LogP contribution < -0.4 is 5.32 Å². The Labute approximate surface area is 151 Å². The van der Waals surface area contributed by atoms with Crippen molar-refractivity contribution in [3.8, 4) is 0 Å². The van der Waals surface area contributed by atoms with Gasteiger partial charge in [0.1, 0.15) is 5.60 Å². The van der Waals surface area contributed by atoms with E-state index in [1.165, 1.54) is 0 Å². The summed E-state index contributed by atoms with van der Waals surface area (Å²) in [6.45, 7) is 8.53. The molecule has 0 aromatic heterocycles. The quantitative estimate of drug-likeness (QED) is 0.808. The first-order valence-electron chi connectivity index (χ1n) is 8.20. The summed E-state index contributed by atoms with van der Waals surface area (Å²) in [6, 6.07) is 5.82. The summed E-state index contributed by atoms with van der Waals surface area (Å²) in [4.78, 5) is 26.4. The number of carbonyl (C=O) groups excluding carboxylic acids is 2. The molecule has 1 fully saturated rings. The van der Waals surface area contributed by atoms with Crippen molar-refractivity contribution in [1.82, 2.24) is 4.90 Å². The molecule has 1 aliphatic heterocycles. The average molecular weight is 397 g/mol. The Morgan fingerprint density at radius 2 is 2.04 bits per heavy atom. The van der Waals surface area contributed by atoms with Crippen molar-refractivity contribution in [3.63, 3.8) is 0 Å². The smallest absolute Gasteiger partial charge is 0.410 e. The van der Waals surface area contributed by atoms with Crippen LogP contribution in [0.3, 0.4) is 0 Å². The van der Waals surface area contributed by atoms with Crippen LogP contribution >= 0.6 is 15.9 Å². The van der Waals surface area contributed by atoms with Gasteiger partial charge in [-0.05, 0) is 74.2 Å². The molecule has 2 amide bonds. The molecule has 5 nitrogen and oxygen atoms in total. The molecular weight excluding hydrogens is 372 g/mol. The van der Waals surface area contributed by atoms with Gasteiger partial charge in [-0.3, -0.25) is 4.79 Å². The van der Waals surface area contributed by atoms with E-state index in [4.69, 9.17) is 4.74 Å². The first-order chi connectivity index (χ1) is 11.2. The van der Waals surface area contributed by atoms with Crippen molar-refractivity contribution >= 4 is 33.6 Å². The maximum atomic E-state index is 12.6. The Hall–Kier alpha value is -1.56. The number of likely N-dealkylation sites (tertiary alicyclic amines) is 1. The lowest BCUT2D eigenvalue weighted by Gasteiger charge is -2.33. The Bertz CT molecular complexity index is 625. The minimum atomic E-state index is -0.529. The molecule has 1 heterocycles. The molecule has 0 unspecified atom stereocenters. The second-order valence-corrected chi connectivity index (χ2v) is 8.09. The number of ether oxygens (including phenoxy) is 1. The summed E-state index contributed by atoms with van der Waals surface area (Å²) >= 11 is 3.45. The van der Waals surface area contributed by atoms with E-state index < -0.39 is 5.60 Å². The van der Waals surface area contributed by atoms with Crippen molar-refractivity contribution in [2.75, 3.05) is 18.4 Å². The van der Waals surface area contributed by atoms with Gasteiger partial charge in [-0.15, -0.1) is 0 Å². The standard InChI is InChI=1S/C18H25BrN2O3/c1-12-7-8-14(19)15(10-12)20-16(22)13-6-5-9-21(11-13)17(23)24-18(2,3)4/h7-8,10,13H,5-6,9,11H2,1-4H3,(H,20,22)/t13-/m1/s1. The minimum Gasteiger partial charge on any atom is -0.444 e. The lowest BCUT2D eigenvalue weighted by Crippen LogP contribution is -2.45. The third-order valence-electron chi connectivity index (χ3n) is 3.82. The number of carbonyl (C=O) groups is 2. The van der Waals surface area contributed by atoms with Crippen LogP contribution in [-0.4, -0.2) is 35.6 Å². The molecule has 0 saturated carbocycles. The van der Waals surface area contributed by atoms with Gasteiger partial charge in [-0.1, -0.05) is 6.07 Å². The highest BCUT2D eigenvalue weighted by Crippen LogP contribution is 2.26. The Morgan fingerprint density at radius 3 is 2.71 bits per heavy atom. The molecule has 132 valence electrons. The number of anilines is 1. The molecule has 1 N–H and O–H groups in total. The van der Waals surface area contributed by atoms with Crippen LogP contribution in [0.1, 0.15) is 39.2 Å². The first kappa shape index (κ1) is 18.8. The van der Waals surface area contributed by atoms with Gasteiger partial charge < -0.3 is 15.0 Å². The van der Waals surface area contributed by atoms with Crippen LogP contribution in [0.15, 0.2) is 22.7 Å². The van der Waals surface area contributed by atoms with Gasteiger partial charge in [0, 0.05) is 17.6 Å². The van der Waals surface area contributed by atoms with Gasteiger partial charge in [0.25, 0.3) is 0 Å². The zero-order valence-electron chi connectivity index (χ0n) is 14.7. The predicted molar refractivity (Wildman–Crippen MR) is 98.0 cm³/mol. The van der Waals surface area contributed by atoms with E-state index in [2.05, 4.69) is 21.2 Å². The maximum absolute atomic E-state index is 12.6. The molecule has 0 radical (unpaired) electrons. The number of amides is 2. The highest BCUT2D eigenvalue weighted by molar-refractivity contribution is 9.10. The number of piperidine rings is 1. The number of benzene rings is 1. The lowest BCUT2D eigenvalue weighted by molar-refractivity contribution is -0.121. The summed E-state index contributed by atoms with van der Waals surface area (Å²) < 4.78 is 6.25. The number of nitrogens with zero attached hydrogens (tertiary/aromatic N) is 1. The predicted octanol–water partition coefficient (Wildman–Crippen LogP) is 4.34. The Morgan fingerprint density at radius 1 is 1.33 bits per heavy atom. The number of aryl methyl sites for hydroxylation is 1. The fraction of sp³-hybridized carbons (Fsp3) is 0.556. The number of hydrogen-bond acceptors (Lipinski definition) is 3. The van der Waals surface area contributed by atoms with Crippen molar-refractivity contribution in [3.05, 3.63) is 28.2 Å². The molecule has 6 heteroatoms. The minimum absolute atomic E-state index is 0.0606. The monoisotopic (exact) mass is 396 g/mol. The normalized spacial score (nSPS) is 18.2. The van der Waals surface area contributed by atoms with Crippen LogP contribution in [0.2, 0.25) is 0 Å². The molecule has 0 aliphatic carbocycles. The molecule has 1 saturated heterocycles. The van der Waals surface area contributed by atoms with E-state index in [0.29, 0.717) is 13.1 Å². The van der Waals surface area contributed by atoms with Gasteiger partial charge in [0.15, 0.2) is 0 Å². The van der Waals surface area contributed by atoms with E-state index in [0.717, 1.165) is 28.6 Å². The largest absolute Gasteiger partial charge is 0.444 e. The second-order valence-electron chi connectivity index (χ2n) is 7.24. The van der Waals surface area contributed by atoms with Gasteiger partial charge in [-0.2, -0.15) is 0 Å². The van der Waals surface area contributed by atoms with E-state index in [-0.39, 0.29) is 17.9 Å². The molecule has 1 aliphatic rings. The number of rotatable bonds is 2. The second kappa shape index (κ2) is 7.55. The summed E-state index contributed by atoms with van der Waals surface area (Å²) in [7, 11) is 0. The third kappa shape index (κ3) is 5.23. The van der Waals surface area contributed by atoms with Crippen LogP contribution in [0, 0.1) is 12.8 Å². The summed E-state index contributed by atoms with van der Waals surface area (Å²) in [5.41, 5.74) is 1.31. The molecule has 1 aromatic carbocycles. The zero-order chi connectivity index (χ0) is 17.9. The molecule has 24 heavy (non-hydrogen) atoms. The molecule has 2 rings (SSSR count). The van der Waals surface area contributed by atoms with Gasteiger partial charge >= 0.3 is 6.09 Å². The SMILES string of the molecule is Cc1ccc(Br)c(NC(=O)[C@@H]2CCCN(C(=O)OC(C)(C)C)C2)c1. The Kier molecular flexibility index (Phi) is 5.91. The number of hydrogen-bond donors (Lipinski definition) is 1. The number of halogens is 1. The van der Waals surface area contributed by atoms with Gasteiger partial charge in [0.2, 0.25) is 5.91 Å². The molecule has 1 aromatic rings. The van der Waals surface area contributed by atoms with E-state index in [1.807, 2.05) is 45.9 Å². The number of nitrogens with one attached hydrogen (secondary N) is 1. The van der Waals surface area contributed by atoms with Crippen molar-refractivity contribution in [2.45, 2.75) is 46.1 Å². The summed E-state index contributed by atoms with van der Waals surface area (Å²) in [5.74, 6) is -0.284. The fourth-order valence-electron chi connectivity index (χ4n) is 2.65. The van der Waals surface area contributed by atoms with E-state index >= 15 is 0 Å². The van der Waals surface area contributed by atoms with Crippen LogP contribution in [-0.2, 0) is 9.53 Å². The average Bonchev–Trinajstić information content (AvgIpc) is 2.49. The topological polar surface area (TPSA) is 58.6 Å². The van der Waals surface area contributed by atoms with E-state index in [9.17, 15) is 9.59 Å². The van der Waals surface area contributed by atoms with Crippen LogP contribution in [0.5, 0.6) is 0 Å². The van der Waals surface area contributed by atoms with Gasteiger partial charge in [0.05, 0.1) is 11.6 Å². The first-order valence-corrected chi connectivity index (χ1v) is 9.00. The highest BCUT2D eigenvalue weighted by atomic mass is 79.9. The maximum Gasteiger partial charge on any atom is 0.410 e. The van der Waals surface area contributed by atoms with E-state index in [1.54, 1.807) is 4.90 Å². The van der Waals surface area contributed by atoms with Crippen molar-refractivity contribution < 1.29 is 14.3 Å². The van der Waals surface area contributed by atoms with Crippen LogP contribution in [0.25, 0.3) is 0 Å². The Balaban J connectivity index is 2.00.